The second-order valence-corrected chi connectivity index (χ2v) is 5.18. The highest BCUT2D eigenvalue weighted by molar-refractivity contribution is 7.18. The molecule has 1 heterocycles. The number of amides is 1. The summed E-state index contributed by atoms with van der Waals surface area (Å²) in [5.74, 6) is -0.180. The third-order valence-corrected chi connectivity index (χ3v) is 3.20. The molecule has 1 aromatic rings. The SMILES string of the molecule is CC(C)Nc1sc(C(=O)N(C)C)c(N)c1C#N. The lowest BCUT2D eigenvalue weighted by Gasteiger charge is -2.08. The number of nitrogens with zero attached hydrogens (tertiary/aromatic N) is 2. The van der Waals surface area contributed by atoms with E-state index >= 15 is 0 Å². The fourth-order valence-corrected chi connectivity index (χ4v) is 2.52. The van der Waals surface area contributed by atoms with Crippen LogP contribution in [0, 0.1) is 11.3 Å². The van der Waals surface area contributed by atoms with Gasteiger partial charge in [0.25, 0.3) is 5.91 Å². The molecule has 92 valence electrons. The lowest BCUT2D eigenvalue weighted by Crippen LogP contribution is -2.21. The Balaban J connectivity index is 3.23. The van der Waals surface area contributed by atoms with Gasteiger partial charge in [-0.15, -0.1) is 11.3 Å². The molecule has 0 bridgehead atoms. The Morgan fingerprint density at radius 3 is 2.53 bits per heavy atom. The summed E-state index contributed by atoms with van der Waals surface area (Å²) >= 11 is 1.23. The van der Waals surface area contributed by atoms with Gasteiger partial charge in [0.15, 0.2) is 0 Å². The fraction of sp³-hybridized carbons (Fsp3) is 0.455. The summed E-state index contributed by atoms with van der Waals surface area (Å²) in [5, 5.41) is 12.8. The van der Waals surface area contributed by atoms with Crippen LogP contribution in [0.2, 0.25) is 0 Å². The van der Waals surface area contributed by atoms with E-state index in [0.29, 0.717) is 15.4 Å². The fourth-order valence-electron chi connectivity index (χ4n) is 1.28. The average molecular weight is 252 g/mol. The Morgan fingerprint density at radius 2 is 2.12 bits per heavy atom. The largest absolute Gasteiger partial charge is 0.396 e. The molecule has 0 radical (unpaired) electrons. The molecule has 0 saturated carbocycles. The van der Waals surface area contributed by atoms with E-state index in [1.807, 2.05) is 19.9 Å². The summed E-state index contributed by atoms with van der Waals surface area (Å²) in [6.45, 7) is 3.93. The Hall–Kier alpha value is -1.74. The lowest BCUT2D eigenvalue weighted by atomic mass is 10.2. The zero-order valence-electron chi connectivity index (χ0n) is 10.4. The second-order valence-electron chi connectivity index (χ2n) is 4.16. The van der Waals surface area contributed by atoms with Crippen LogP contribution in [0.3, 0.4) is 0 Å². The van der Waals surface area contributed by atoms with Crippen LogP contribution in [-0.2, 0) is 0 Å². The monoisotopic (exact) mass is 252 g/mol. The average Bonchev–Trinajstić information content (AvgIpc) is 2.52. The molecule has 3 N–H and O–H groups in total. The van der Waals surface area contributed by atoms with Crippen LogP contribution in [0.25, 0.3) is 0 Å². The molecule has 0 fully saturated rings. The van der Waals surface area contributed by atoms with Gasteiger partial charge in [-0.25, -0.2) is 0 Å². The molecule has 1 aromatic heterocycles. The summed E-state index contributed by atoms with van der Waals surface area (Å²) < 4.78 is 0. The predicted octanol–water partition coefficient (Wildman–Crippen LogP) is 1.72. The molecule has 0 spiro atoms. The van der Waals surface area contributed by atoms with E-state index in [2.05, 4.69) is 5.32 Å². The van der Waals surface area contributed by atoms with Gasteiger partial charge in [-0.3, -0.25) is 4.79 Å². The summed E-state index contributed by atoms with van der Waals surface area (Å²) in [6.07, 6.45) is 0. The van der Waals surface area contributed by atoms with Gasteiger partial charge in [0.1, 0.15) is 21.5 Å². The molecular weight excluding hydrogens is 236 g/mol. The van der Waals surface area contributed by atoms with Crippen LogP contribution in [0.1, 0.15) is 29.1 Å². The first-order chi connectivity index (χ1) is 7.88. The maximum Gasteiger partial charge on any atom is 0.265 e. The third kappa shape index (κ3) is 2.68. The van der Waals surface area contributed by atoms with E-state index < -0.39 is 0 Å². The zero-order chi connectivity index (χ0) is 13.2. The standard InChI is InChI=1S/C11H16N4OS/c1-6(2)14-10-7(5-12)8(13)9(17-10)11(16)15(3)4/h6,14H,13H2,1-4H3. The predicted molar refractivity (Wildman–Crippen MR) is 70.2 cm³/mol. The van der Waals surface area contributed by atoms with Crippen molar-refractivity contribution in [3.05, 3.63) is 10.4 Å². The Kier molecular flexibility index (Phi) is 3.97. The van der Waals surface area contributed by atoms with Gasteiger partial charge in [0.05, 0.1) is 5.69 Å². The summed E-state index contributed by atoms with van der Waals surface area (Å²) in [5.41, 5.74) is 6.45. The minimum absolute atomic E-state index is 0.180. The van der Waals surface area contributed by atoms with E-state index in [4.69, 9.17) is 11.0 Å². The molecule has 1 rings (SSSR count). The van der Waals surface area contributed by atoms with Crippen LogP contribution in [0.4, 0.5) is 10.7 Å². The minimum Gasteiger partial charge on any atom is -0.396 e. The quantitative estimate of drug-likeness (QED) is 0.858. The molecule has 0 atom stereocenters. The number of anilines is 2. The summed E-state index contributed by atoms with van der Waals surface area (Å²) in [7, 11) is 3.31. The first-order valence-corrected chi connectivity index (χ1v) is 6.00. The molecule has 5 nitrogen and oxygen atoms in total. The molecule has 0 aliphatic heterocycles. The van der Waals surface area contributed by atoms with Gasteiger partial charge in [0, 0.05) is 20.1 Å². The van der Waals surface area contributed by atoms with Crippen LogP contribution in [-0.4, -0.2) is 30.9 Å². The number of thiophene rings is 1. The highest BCUT2D eigenvalue weighted by Crippen LogP contribution is 2.36. The van der Waals surface area contributed by atoms with Gasteiger partial charge < -0.3 is 16.0 Å². The number of carbonyl (C=O) groups excluding carboxylic acids is 1. The van der Waals surface area contributed by atoms with Gasteiger partial charge >= 0.3 is 0 Å². The zero-order valence-corrected chi connectivity index (χ0v) is 11.2. The van der Waals surface area contributed by atoms with Crippen molar-refractivity contribution in [3.63, 3.8) is 0 Å². The van der Waals surface area contributed by atoms with Crippen molar-refractivity contribution >= 4 is 27.9 Å². The van der Waals surface area contributed by atoms with Gasteiger partial charge in [-0.05, 0) is 13.8 Å². The second kappa shape index (κ2) is 5.06. The van der Waals surface area contributed by atoms with Crippen LogP contribution >= 0.6 is 11.3 Å². The number of nitrogens with two attached hydrogens (primary N) is 1. The van der Waals surface area contributed by atoms with Crippen LogP contribution in [0.5, 0.6) is 0 Å². The molecular formula is C11H16N4OS. The first kappa shape index (κ1) is 13.3. The number of nitrogen functional groups attached to an aromatic ring is 1. The highest BCUT2D eigenvalue weighted by atomic mass is 32.1. The van der Waals surface area contributed by atoms with Crippen molar-refractivity contribution in [2.24, 2.45) is 0 Å². The van der Waals surface area contributed by atoms with E-state index in [1.54, 1.807) is 14.1 Å². The van der Waals surface area contributed by atoms with Crippen molar-refractivity contribution in [2.45, 2.75) is 19.9 Å². The molecule has 0 saturated heterocycles. The third-order valence-electron chi connectivity index (χ3n) is 2.08. The van der Waals surface area contributed by atoms with Gasteiger partial charge in [-0.1, -0.05) is 0 Å². The molecule has 6 heteroatoms. The number of hydrogen-bond acceptors (Lipinski definition) is 5. The maximum absolute atomic E-state index is 11.9. The van der Waals surface area contributed by atoms with Gasteiger partial charge in [0.2, 0.25) is 0 Å². The highest BCUT2D eigenvalue weighted by Gasteiger charge is 2.22. The minimum atomic E-state index is -0.180. The Bertz CT molecular complexity index is 471. The number of nitrogens with one attached hydrogen (secondary N) is 1. The number of hydrogen-bond donors (Lipinski definition) is 2. The van der Waals surface area contributed by atoms with E-state index in [0.717, 1.165) is 0 Å². The molecule has 17 heavy (non-hydrogen) atoms. The number of rotatable bonds is 3. The molecule has 0 aromatic carbocycles. The Morgan fingerprint density at radius 1 is 1.53 bits per heavy atom. The van der Waals surface area contributed by atoms with Gasteiger partial charge in [-0.2, -0.15) is 5.26 Å². The normalized spacial score (nSPS) is 10.1. The summed E-state index contributed by atoms with van der Waals surface area (Å²) in [4.78, 5) is 13.7. The van der Waals surface area contributed by atoms with Crippen molar-refractivity contribution in [2.75, 3.05) is 25.1 Å². The first-order valence-electron chi connectivity index (χ1n) is 5.19. The molecule has 0 aliphatic rings. The van der Waals surface area contributed by atoms with E-state index in [9.17, 15) is 4.79 Å². The Labute approximate surface area is 105 Å². The van der Waals surface area contributed by atoms with Crippen molar-refractivity contribution in [1.82, 2.24) is 4.90 Å². The van der Waals surface area contributed by atoms with Crippen LogP contribution in [0.15, 0.2) is 0 Å². The molecule has 1 amide bonds. The smallest absolute Gasteiger partial charge is 0.265 e. The lowest BCUT2D eigenvalue weighted by molar-refractivity contribution is 0.0833. The molecule has 0 aliphatic carbocycles. The topological polar surface area (TPSA) is 82.2 Å². The summed E-state index contributed by atoms with van der Waals surface area (Å²) in [6, 6.07) is 2.22. The van der Waals surface area contributed by atoms with E-state index in [-0.39, 0.29) is 17.6 Å². The van der Waals surface area contributed by atoms with Crippen molar-refractivity contribution < 1.29 is 4.79 Å². The number of carbonyl (C=O) groups is 1. The van der Waals surface area contributed by atoms with Crippen molar-refractivity contribution in [3.8, 4) is 6.07 Å². The number of nitriles is 1. The van der Waals surface area contributed by atoms with Crippen molar-refractivity contribution in [1.29, 1.82) is 5.26 Å². The maximum atomic E-state index is 11.9. The van der Waals surface area contributed by atoms with Crippen LogP contribution < -0.4 is 11.1 Å². The van der Waals surface area contributed by atoms with E-state index in [1.165, 1.54) is 16.2 Å². The molecule has 0 unspecified atom stereocenters.